The molecular formula is C21H18N2OS. The van der Waals surface area contributed by atoms with E-state index >= 15 is 0 Å². The van der Waals surface area contributed by atoms with Crippen molar-refractivity contribution >= 4 is 29.2 Å². The highest BCUT2D eigenvalue weighted by Gasteiger charge is 2.27. The molecule has 25 heavy (non-hydrogen) atoms. The van der Waals surface area contributed by atoms with Gasteiger partial charge in [-0.1, -0.05) is 60.3 Å². The van der Waals surface area contributed by atoms with E-state index in [1.165, 1.54) is 5.56 Å². The number of nitrogens with zero attached hydrogens (tertiary/aromatic N) is 1. The second-order valence-electron chi connectivity index (χ2n) is 5.96. The number of aryl methyl sites for hydroxylation is 1. The van der Waals surface area contributed by atoms with Crippen molar-refractivity contribution in [3.8, 4) is 0 Å². The molecule has 3 aromatic rings. The minimum Gasteiger partial charge on any atom is -0.333 e. The topological polar surface area (TPSA) is 32.3 Å². The molecule has 0 saturated carbocycles. The number of nitrogens with one attached hydrogen (secondary N) is 1. The van der Waals surface area contributed by atoms with Crippen LogP contribution in [0.4, 0.5) is 16.2 Å². The van der Waals surface area contributed by atoms with Crippen molar-refractivity contribution in [3.05, 3.63) is 83.9 Å². The van der Waals surface area contributed by atoms with Gasteiger partial charge >= 0.3 is 6.03 Å². The molecule has 1 heterocycles. The summed E-state index contributed by atoms with van der Waals surface area (Å²) in [5.41, 5.74) is 4.16. The highest BCUT2D eigenvalue weighted by molar-refractivity contribution is 7.99. The van der Waals surface area contributed by atoms with Gasteiger partial charge in [-0.2, -0.15) is 0 Å². The normalized spacial score (nSPS) is 12.3. The van der Waals surface area contributed by atoms with E-state index in [2.05, 4.69) is 30.4 Å². The summed E-state index contributed by atoms with van der Waals surface area (Å²) in [5.74, 6) is 0. The Kier molecular flexibility index (Phi) is 4.20. The van der Waals surface area contributed by atoms with Crippen LogP contribution in [0.15, 0.2) is 82.6 Å². The van der Waals surface area contributed by atoms with Crippen LogP contribution in [0.25, 0.3) is 0 Å². The lowest BCUT2D eigenvalue weighted by Crippen LogP contribution is -2.37. The van der Waals surface area contributed by atoms with E-state index in [1.54, 1.807) is 16.7 Å². The fourth-order valence-electron chi connectivity index (χ4n) is 2.98. The minimum absolute atomic E-state index is 0.108. The zero-order valence-electron chi connectivity index (χ0n) is 13.9. The molecule has 124 valence electrons. The Labute approximate surface area is 151 Å². The standard InChI is InChI=1S/C21H18N2OS/c1-15-8-2-3-9-16(15)14-22-21(24)23-17-10-4-6-12-19(17)25-20-13-7-5-11-18(20)23/h2-13H,14H2,1H3,(H,22,24). The van der Waals surface area contributed by atoms with Gasteiger partial charge in [0, 0.05) is 16.3 Å². The van der Waals surface area contributed by atoms with Crippen LogP contribution in [0, 0.1) is 6.92 Å². The first kappa shape index (κ1) is 15.8. The first-order valence-electron chi connectivity index (χ1n) is 8.22. The van der Waals surface area contributed by atoms with E-state index in [4.69, 9.17) is 0 Å². The van der Waals surface area contributed by atoms with Crippen molar-refractivity contribution in [2.45, 2.75) is 23.3 Å². The van der Waals surface area contributed by atoms with Crippen molar-refractivity contribution < 1.29 is 4.79 Å². The number of hydrogen-bond acceptors (Lipinski definition) is 2. The van der Waals surface area contributed by atoms with Crippen LogP contribution in [0.2, 0.25) is 0 Å². The van der Waals surface area contributed by atoms with Crippen LogP contribution < -0.4 is 10.2 Å². The number of amides is 2. The maximum atomic E-state index is 13.0. The third-order valence-corrected chi connectivity index (χ3v) is 5.46. The number of rotatable bonds is 2. The molecule has 0 saturated heterocycles. The van der Waals surface area contributed by atoms with E-state index in [9.17, 15) is 4.79 Å². The van der Waals surface area contributed by atoms with Crippen LogP contribution in [-0.2, 0) is 6.54 Å². The number of carbonyl (C=O) groups excluding carboxylic acids is 1. The van der Waals surface area contributed by atoms with Gasteiger partial charge in [-0.15, -0.1) is 0 Å². The van der Waals surface area contributed by atoms with Gasteiger partial charge in [-0.05, 0) is 42.3 Å². The summed E-state index contributed by atoms with van der Waals surface area (Å²) in [7, 11) is 0. The summed E-state index contributed by atoms with van der Waals surface area (Å²) < 4.78 is 0. The Hall–Kier alpha value is -2.72. The minimum atomic E-state index is -0.108. The van der Waals surface area contributed by atoms with Gasteiger partial charge in [-0.25, -0.2) is 4.79 Å². The highest BCUT2D eigenvalue weighted by atomic mass is 32.2. The van der Waals surface area contributed by atoms with E-state index < -0.39 is 0 Å². The fraction of sp³-hybridized carbons (Fsp3) is 0.0952. The Morgan fingerprint density at radius 1 is 0.880 bits per heavy atom. The molecule has 0 aliphatic carbocycles. The zero-order chi connectivity index (χ0) is 17.2. The van der Waals surface area contributed by atoms with Gasteiger partial charge < -0.3 is 5.32 Å². The Morgan fingerprint density at radius 3 is 2.08 bits per heavy atom. The van der Waals surface area contributed by atoms with Crippen LogP contribution in [0.3, 0.4) is 0 Å². The van der Waals surface area contributed by atoms with Gasteiger partial charge in [0.25, 0.3) is 0 Å². The molecule has 4 heteroatoms. The average molecular weight is 346 g/mol. The number of anilines is 2. The molecule has 0 unspecified atom stereocenters. The molecule has 1 aliphatic heterocycles. The van der Waals surface area contributed by atoms with Crippen molar-refractivity contribution in [1.82, 2.24) is 5.32 Å². The average Bonchev–Trinajstić information content (AvgIpc) is 2.65. The number of carbonyl (C=O) groups is 1. The first-order chi connectivity index (χ1) is 12.2. The molecule has 0 atom stereocenters. The van der Waals surface area contributed by atoms with Gasteiger partial charge in [0.15, 0.2) is 0 Å². The lowest BCUT2D eigenvalue weighted by Gasteiger charge is -2.31. The van der Waals surface area contributed by atoms with Crippen molar-refractivity contribution in [3.63, 3.8) is 0 Å². The highest BCUT2D eigenvalue weighted by Crippen LogP contribution is 2.47. The Balaban J connectivity index is 1.65. The maximum Gasteiger partial charge on any atom is 0.326 e. The second-order valence-corrected chi connectivity index (χ2v) is 7.04. The first-order valence-corrected chi connectivity index (χ1v) is 9.04. The molecular weight excluding hydrogens is 328 g/mol. The molecule has 0 spiro atoms. The Bertz CT molecular complexity index is 893. The van der Waals surface area contributed by atoms with Crippen LogP contribution in [-0.4, -0.2) is 6.03 Å². The van der Waals surface area contributed by atoms with Gasteiger partial charge in [0.2, 0.25) is 0 Å². The predicted molar refractivity (Wildman–Crippen MR) is 103 cm³/mol. The van der Waals surface area contributed by atoms with Crippen molar-refractivity contribution in [1.29, 1.82) is 0 Å². The molecule has 1 N–H and O–H groups in total. The molecule has 1 aliphatic rings. The predicted octanol–water partition coefficient (Wildman–Crippen LogP) is 5.51. The molecule has 3 aromatic carbocycles. The summed E-state index contributed by atoms with van der Waals surface area (Å²) >= 11 is 1.70. The molecule has 3 nitrogen and oxygen atoms in total. The number of para-hydroxylation sites is 2. The summed E-state index contributed by atoms with van der Waals surface area (Å²) in [6, 6.07) is 24.0. The maximum absolute atomic E-state index is 13.0. The molecule has 0 bridgehead atoms. The zero-order valence-corrected chi connectivity index (χ0v) is 14.7. The van der Waals surface area contributed by atoms with Crippen LogP contribution in [0.5, 0.6) is 0 Å². The summed E-state index contributed by atoms with van der Waals surface area (Å²) in [6.45, 7) is 2.57. The molecule has 2 amide bonds. The van der Waals surface area contributed by atoms with Gasteiger partial charge in [0.1, 0.15) is 0 Å². The number of benzene rings is 3. The lowest BCUT2D eigenvalue weighted by molar-refractivity contribution is 0.248. The Morgan fingerprint density at radius 2 is 1.44 bits per heavy atom. The third kappa shape index (κ3) is 3.01. The lowest BCUT2D eigenvalue weighted by atomic mass is 10.1. The summed E-state index contributed by atoms with van der Waals surface area (Å²) in [6.07, 6.45) is 0. The largest absolute Gasteiger partial charge is 0.333 e. The number of urea groups is 1. The number of fused-ring (bicyclic) bond motifs is 2. The molecule has 0 aromatic heterocycles. The quantitative estimate of drug-likeness (QED) is 0.664. The van der Waals surface area contributed by atoms with E-state index in [0.717, 1.165) is 26.7 Å². The molecule has 4 rings (SSSR count). The van der Waals surface area contributed by atoms with Gasteiger partial charge in [-0.3, -0.25) is 4.90 Å². The molecule has 0 fully saturated rings. The second kappa shape index (κ2) is 6.65. The van der Waals surface area contributed by atoms with E-state index in [1.807, 2.05) is 54.6 Å². The van der Waals surface area contributed by atoms with Crippen molar-refractivity contribution in [2.75, 3.05) is 4.90 Å². The van der Waals surface area contributed by atoms with E-state index in [0.29, 0.717) is 6.54 Å². The molecule has 0 radical (unpaired) electrons. The summed E-state index contributed by atoms with van der Waals surface area (Å²) in [4.78, 5) is 17.0. The smallest absolute Gasteiger partial charge is 0.326 e. The van der Waals surface area contributed by atoms with Crippen LogP contribution >= 0.6 is 11.8 Å². The fourth-order valence-corrected chi connectivity index (χ4v) is 4.04. The monoisotopic (exact) mass is 346 g/mol. The SMILES string of the molecule is Cc1ccccc1CNC(=O)N1c2ccccc2Sc2ccccc21. The number of hydrogen-bond donors (Lipinski definition) is 1. The van der Waals surface area contributed by atoms with Crippen molar-refractivity contribution in [2.24, 2.45) is 0 Å². The third-order valence-electron chi connectivity index (χ3n) is 4.33. The van der Waals surface area contributed by atoms with E-state index in [-0.39, 0.29) is 6.03 Å². The van der Waals surface area contributed by atoms with Gasteiger partial charge in [0.05, 0.1) is 11.4 Å². The summed E-state index contributed by atoms with van der Waals surface area (Å²) in [5, 5.41) is 3.07. The van der Waals surface area contributed by atoms with Crippen LogP contribution in [0.1, 0.15) is 11.1 Å².